The van der Waals surface area contributed by atoms with Gasteiger partial charge in [0.05, 0.1) is 22.6 Å². The van der Waals surface area contributed by atoms with E-state index in [0.29, 0.717) is 16.9 Å². The number of ether oxygens (including phenoxy) is 1. The van der Waals surface area contributed by atoms with E-state index in [1.807, 2.05) is 38.3 Å². The third-order valence-corrected chi connectivity index (χ3v) is 9.78. The minimum atomic E-state index is -1.17. The summed E-state index contributed by atoms with van der Waals surface area (Å²) in [7, 11) is 0. The van der Waals surface area contributed by atoms with Crippen LogP contribution in [0.3, 0.4) is 0 Å². The lowest BCUT2D eigenvalue weighted by Gasteiger charge is -2.41. The number of piperidine rings is 1. The number of aromatic nitrogens is 5. The smallest absolute Gasteiger partial charge is 0.337 e. The van der Waals surface area contributed by atoms with Crippen molar-refractivity contribution in [2.75, 3.05) is 18.0 Å². The second-order valence-corrected chi connectivity index (χ2v) is 14.5. The standard InChI is InChI=1S/C36H48N6O3/c1-23-25(3)41-27-14-12-13-26(21-27)28-22-30-38-24(2)31(32(34(43)44)45-35(4,5)6)33(42(30)39-28)40-19-17-36(7,18-20-40)16-11-9-8-10-15-29(41)37-23/h12-14,21-22,32H,8-11,15-20H2,1-7H3,(H,43,44)/t32-/m0/s1. The quantitative estimate of drug-likeness (QED) is 0.255. The van der Waals surface area contributed by atoms with Crippen molar-refractivity contribution >= 4 is 17.4 Å². The Labute approximate surface area is 266 Å². The van der Waals surface area contributed by atoms with E-state index in [9.17, 15) is 9.90 Å². The molecule has 45 heavy (non-hydrogen) atoms. The van der Waals surface area contributed by atoms with Gasteiger partial charge in [0.25, 0.3) is 0 Å². The van der Waals surface area contributed by atoms with Crippen molar-refractivity contribution in [2.45, 2.75) is 112 Å². The van der Waals surface area contributed by atoms with Crippen LogP contribution in [0.5, 0.6) is 0 Å². The molecule has 3 aliphatic heterocycles. The van der Waals surface area contributed by atoms with Crippen LogP contribution < -0.4 is 4.90 Å². The topological polar surface area (TPSA) is 97.8 Å². The Morgan fingerprint density at radius 3 is 2.42 bits per heavy atom. The molecule has 1 N–H and O–H groups in total. The van der Waals surface area contributed by atoms with Gasteiger partial charge in [-0.05, 0) is 84.8 Å². The first-order chi connectivity index (χ1) is 21.3. The number of hydrogen-bond acceptors (Lipinski definition) is 6. The van der Waals surface area contributed by atoms with Gasteiger partial charge < -0.3 is 19.3 Å². The highest BCUT2D eigenvalue weighted by molar-refractivity contribution is 5.79. The molecular weight excluding hydrogens is 564 g/mol. The molecule has 1 saturated heterocycles. The number of anilines is 1. The molecule has 6 heterocycles. The van der Waals surface area contributed by atoms with E-state index in [4.69, 9.17) is 19.8 Å². The molecular formula is C36H48N6O3. The van der Waals surface area contributed by atoms with Crippen LogP contribution in [0, 0.1) is 26.2 Å². The second kappa shape index (κ2) is 11.9. The lowest BCUT2D eigenvalue weighted by Crippen LogP contribution is -2.41. The number of carboxylic acids is 1. The summed E-state index contributed by atoms with van der Waals surface area (Å²) >= 11 is 0. The van der Waals surface area contributed by atoms with Gasteiger partial charge >= 0.3 is 5.97 Å². The summed E-state index contributed by atoms with van der Waals surface area (Å²) in [6.45, 7) is 15.9. The molecule has 240 valence electrons. The maximum atomic E-state index is 12.8. The lowest BCUT2D eigenvalue weighted by molar-refractivity contribution is -0.160. The lowest BCUT2D eigenvalue weighted by atomic mass is 9.76. The van der Waals surface area contributed by atoms with E-state index in [1.54, 1.807) is 0 Å². The van der Waals surface area contributed by atoms with Crippen LogP contribution >= 0.6 is 0 Å². The SMILES string of the molecule is Cc1nc2cc3nn2c(c1[C@H](OC(C)(C)C)C(=O)O)N1CCC(C)(CCCCCCc2nc(C)c(C)n2-c2cccc-3c2)CC1. The summed E-state index contributed by atoms with van der Waals surface area (Å²) in [6.07, 6.45) is 7.84. The first kappa shape index (κ1) is 31.3. The first-order valence-corrected chi connectivity index (χ1v) is 16.5. The predicted octanol–water partition coefficient (Wildman–Crippen LogP) is 7.56. The Balaban J connectivity index is 1.55. The van der Waals surface area contributed by atoms with E-state index in [-0.39, 0.29) is 5.41 Å². The van der Waals surface area contributed by atoms with Gasteiger partial charge in [0.1, 0.15) is 11.6 Å². The van der Waals surface area contributed by atoms with Crippen molar-refractivity contribution in [3.05, 3.63) is 58.8 Å². The number of carboxylic acid groups (broad SMARTS) is 1. The average molecular weight is 613 g/mol. The number of benzene rings is 1. The molecule has 6 bridgehead atoms. The van der Waals surface area contributed by atoms with Crippen LogP contribution in [0.2, 0.25) is 0 Å². The van der Waals surface area contributed by atoms with E-state index in [0.717, 1.165) is 78.7 Å². The molecule has 0 amide bonds. The molecule has 0 unspecified atom stereocenters. The van der Waals surface area contributed by atoms with Gasteiger partial charge in [-0.2, -0.15) is 9.61 Å². The highest BCUT2D eigenvalue weighted by Crippen LogP contribution is 2.41. The van der Waals surface area contributed by atoms with Gasteiger partial charge in [-0.1, -0.05) is 38.3 Å². The van der Waals surface area contributed by atoms with Crippen molar-refractivity contribution in [1.82, 2.24) is 24.1 Å². The van der Waals surface area contributed by atoms with Gasteiger partial charge in [0.15, 0.2) is 11.8 Å². The summed E-state index contributed by atoms with van der Waals surface area (Å²) in [4.78, 5) is 25.0. The van der Waals surface area contributed by atoms with Crippen molar-refractivity contribution < 1.29 is 14.6 Å². The molecule has 7 rings (SSSR count). The maximum Gasteiger partial charge on any atom is 0.337 e. The highest BCUT2D eigenvalue weighted by Gasteiger charge is 2.37. The van der Waals surface area contributed by atoms with E-state index >= 15 is 0 Å². The molecule has 9 heteroatoms. The Bertz CT molecular complexity index is 1720. The van der Waals surface area contributed by atoms with Crippen LogP contribution in [0.4, 0.5) is 5.82 Å². The van der Waals surface area contributed by atoms with Crippen molar-refractivity contribution in [2.24, 2.45) is 5.41 Å². The third kappa shape index (κ3) is 6.24. The summed E-state index contributed by atoms with van der Waals surface area (Å²) in [6, 6.07) is 10.5. The van der Waals surface area contributed by atoms with Crippen LogP contribution in [0.25, 0.3) is 22.6 Å². The molecule has 1 atom stereocenters. The second-order valence-electron chi connectivity index (χ2n) is 14.5. The van der Waals surface area contributed by atoms with Crippen molar-refractivity contribution in [1.29, 1.82) is 0 Å². The van der Waals surface area contributed by atoms with Crippen LogP contribution in [-0.4, -0.2) is 53.9 Å². The Morgan fingerprint density at radius 2 is 1.71 bits per heavy atom. The predicted molar refractivity (Wildman–Crippen MR) is 177 cm³/mol. The molecule has 3 aromatic heterocycles. The zero-order chi connectivity index (χ0) is 32.1. The molecule has 1 fully saturated rings. The van der Waals surface area contributed by atoms with Gasteiger partial charge in [0, 0.05) is 48.2 Å². The molecule has 9 nitrogen and oxygen atoms in total. The molecule has 1 aromatic carbocycles. The number of aryl methyl sites for hydroxylation is 3. The monoisotopic (exact) mass is 612 g/mol. The summed E-state index contributed by atoms with van der Waals surface area (Å²) < 4.78 is 10.4. The number of nitrogens with zero attached hydrogens (tertiary/aromatic N) is 6. The Kier molecular flexibility index (Phi) is 8.27. The normalized spacial score (nSPS) is 18.0. The largest absolute Gasteiger partial charge is 0.479 e. The number of fused-ring (bicyclic) bond motifs is 7. The molecule has 0 spiro atoms. The average Bonchev–Trinajstić information content (AvgIpc) is 3.52. The fourth-order valence-electron chi connectivity index (χ4n) is 7.14. The summed E-state index contributed by atoms with van der Waals surface area (Å²) in [5, 5.41) is 15.6. The van der Waals surface area contributed by atoms with Gasteiger partial charge in [-0.3, -0.25) is 0 Å². The molecule has 0 radical (unpaired) electrons. The van der Waals surface area contributed by atoms with E-state index in [1.165, 1.54) is 25.7 Å². The highest BCUT2D eigenvalue weighted by atomic mass is 16.5. The fraction of sp³-hybridized carbons (Fsp3) is 0.556. The number of aliphatic carboxylic acids is 1. The van der Waals surface area contributed by atoms with Gasteiger partial charge in [-0.25, -0.2) is 14.8 Å². The van der Waals surface area contributed by atoms with E-state index in [2.05, 4.69) is 54.5 Å². The minimum Gasteiger partial charge on any atom is -0.479 e. The first-order valence-electron chi connectivity index (χ1n) is 16.5. The zero-order valence-electron chi connectivity index (χ0n) is 28.0. The Morgan fingerprint density at radius 1 is 0.978 bits per heavy atom. The summed E-state index contributed by atoms with van der Waals surface area (Å²) in [5.41, 5.74) is 6.58. The third-order valence-electron chi connectivity index (χ3n) is 9.78. The number of rotatable bonds is 3. The van der Waals surface area contributed by atoms with Crippen molar-refractivity contribution in [3.8, 4) is 16.9 Å². The van der Waals surface area contributed by atoms with Gasteiger partial charge in [-0.15, -0.1) is 0 Å². The summed E-state index contributed by atoms with van der Waals surface area (Å²) in [5.74, 6) is 0.862. The van der Waals surface area contributed by atoms with Gasteiger partial charge in [0.2, 0.25) is 0 Å². The Hall–Kier alpha value is -3.72. The number of hydrogen-bond donors (Lipinski definition) is 1. The van der Waals surface area contributed by atoms with Crippen LogP contribution in [0.15, 0.2) is 30.3 Å². The minimum absolute atomic E-state index is 0.258. The molecule has 3 aliphatic rings. The van der Waals surface area contributed by atoms with E-state index < -0.39 is 17.7 Å². The molecule has 0 saturated carbocycles. The maximum absolute atomic E-state index is 12.8. The van der Waals surface area contributed by atoms with Crippen LogP contribution in [0.1, 0.15) is 107 Å². The van der Waals surface area contributed by atoms with Crippen molar-refractivity contribution in [3.63, 3.8) is 0 Å². The molecule has 0 aliphatic carbocycles. The number of carbonyl (C=O) groups is 1. The van der Waals surface area contributed by atoms with Crippen LogP contribution in [-0.2, 0) is 16.0 Å². The fourth-order valence-corrected chi connectivity index (χ4v) is 7.14. The number of imidazole rings is 1. The zero-order valence-corrected chi connectivity index (χ0v) is 28.0. The molecule has 4 aromatic rings.